The Kier molecular flexibility index (Phi) is 4.55. The van der Waals surface area contributed by atoms with Gasteiger partial charge in [0.1, 0.15) is 0 Å². The first-order valence-corrected chi connectivity index (χ1v) is 9.26. The normalized spacial score (nSPS) is 10.9. The highest BCUT2D eigenvalue weighted by Gasteiger charge is 2.14. The molecule has 7 nitrogen and oxygen atoms in total. The minimum absolute atomic E-state index is 0.133. The van der Waals surface area contributed by atoms with Gasteiger partial charge in [-0.2, -0.15) is 10.1 Å². The van der Waals surface area contributed by atoms with Gasteiger partial charge < -0.3 is 9.84 Å². The van der Waals surface area contributed by atoms with E-state index in [1.807, 2.05) is 48.7 Å². The average Bonchev–Trinajstić information content (AvgIpc) is 3.41. The first kappa shape index (κ1) is 17.2. The fourth-order valence-corrected chi connectivity index (χ4v) is 3.32. The molecule has 4 rings (SSSR count). The van der Waals surface area contributed by atoms with Crippen LogP contribution in [0.1, 0.15) is 26.8 Å². The van der Waals surface area contributed by atoms with Crippen molar-refractivity contribution < 1.29 is 9.32 Å². The summed E-state index contributed by atoms with van der Waals surface area (Å²) in [5, 5.41) is 13.3. The van der Waals surface area contributed by atoms with Crippen molar-refractivity contribution in [2.45, 2.75) is 20.4 Å². The van der Waals surface area contributed by atoms with Gasteiger partial charge in [-0.25, -0.2) is 4.68 Å². The van der Waals surface area contributed by atoms with Gasteiger partial charge in [0.2, 0.25) is 11.7 Å². The lowest BCUT2D eigenvalue weighted by atomic mass is 10.2. The van der Waals surface area contributed by atoms with E-state index >= 15 is 0 Å². The Morgan fingerprint density at radius 1 is 1.22 bits per heavy atom. The molecule has 0 unspecified atom stereocenters. The molecule has 0 aliphatic heterocycles. The molecule has 0 radical (unpaired) electrons. The average molecular weight is 379 g/mol. The van der Waals surface area contributed by atoms with Crippen molar-refractivity contribution in [3.05, 3.63) is 70.0 Å². The third-order valence-corrected chi connectivity index (χ3v) is 4.94. The minimum atomic E-state index is -0.133. The smallest absolute Gasteiger partial charge is 0.255 e. The summed E-state index contributed by atoms with van der Waals surface area (Å²) in [6.45, 7) is 4.09. The molecule has 0 fully saturated rings. The van der Waals surface area contributed by atoms with Crippen LogP contribution in [0, 0.1) is 13.8 Å². The number of aromatic nitrogens is 4. The van der Waals surface area contributed by atoms with Gasteiger partial charge in [-0.3, -0.25) is 4.79 Å². The first-order valence-electron chi connectivity index (χ1n) is 8.38. The second-order valence-corrected chi connectivity index (χ2v) is 7.05. The molecule has 0 saturated carbocycles. The van der Waals surface area contributed by atoms with E-state index in [1.165, 1.54) is 0 Å². The predicted octanol–water partition coefficient (Wildman–Crippen LogP) is 3.53. The number of rotatable bonds is 5. The van der Waals surface area contributed by atoms with Gasteiger partial charge in [0, 0.05) is 23.6 Å². The van der Waals surface area contributed by atoms with E-state index in [0.29, 0.717) is 29.5 Å². The topological polar surface area (TPSA) is 85.8 Å². The van der Waals surface area contributed by atoms with Gasteiger partial charge in [0.05, 0.1) is 23.5 Å². The largest absolute Gasteiger partial charge is 0.347 e. The molecule has 3 aromatic heterocycles. The van der Waals surface area contributed by atoms with Crippen molar-refractivity contribution in [1.29, 1.82) is 0 Å². The zero-order chi connectivity index (χ0) is 18.8. The molecular formula is C19H17N5O2S. The second-order valence-electron chi connectivity index (χ2n) is 6.02. The SMILES string of the molecule is Cc1nc(-c2ccc(-n3cc(C(=O)NCc4cccs4)c(C)n3)cc2)no1. The van der Waals surface area contributed by atoms with E-state index < -0.39 is 0 Å². The van der Waals surface area contributed by atoms with E-state index in [4.69, 9.17) is 4.52 Å². The van der Waals surface area contributed by atoms with Crippen LogP contribution in [0.15, 0.2) is 52.5 Å². The third kappa shape index (κ3) is 3.65. The summed E-state index contributed by atoms with van der Waals surface area (Å²) in [4.78, 5) is 17.8. The highest BCUT2D eigenvalue weighted by Crippen LogP contribution is 2.19. The van der Waals surface area contributed by atoms with E-state index in [9.17, 15) is 4.79 Å². The summed E-state index contributed by atoms with van der Waals surface area (Å²) >= 11 is 1.61. The van der Waals surface area contributed by atoms with Crippen LogP contribution >= 0.6 is 11.3 Å². The molecule has 1 aromatic carbocycles. The number of nitrogens with zero attached hydrogens (tertiary/aromatic N) is 4. The maximum absolute atomic E-state index is 12.5. The van der Waals surface area contributed by atoms with E-state index in [2.05, 4.69) is 20.6 Å². The molecule has 27 heavy (non-hydrogen) atoms. The van der Waals surface area contributed by atoms with Crippen molar-refractivity contribution >= 4 is 17.2 Å². The van der Waals surface area contributed by atoms with Gasteiger partial charge in [-0.05, 0) is 42.6 Å². The number of hydrogen-bond donors (Lipinski definition) is 1. The monoisotopic (exact) mass is 379 g/mol. The molecule has 1 N–H and O–H groups in total. The fourth-order valence-electron chi connectivity index (χ4n) is 2.67. The van der Waals surface area contributed by atoms with Crippen LogP contribution in [0.25, 0.3) is 17.1 Å². The molecule has 0 aliphatic carbocycles. The quantitative estimate of drug-likeness (QED) is 0.573. The first-order chi connectivity index (χ1) is 13.1. The van der Waals surface area contributed by atoms with Crippen LogP contribution in [-0.2, 0) is 6.54 Å². The molecule has 136 valence electrons. The summed E-state index contributed by atoms with van der Waals surface area (Å²) in [7, 11) is 0. The lowest BCUT2D eigenvalue weighted by Gasteiger charge is -2.02. The molecule has 3 heterocycles. The molecule has 0 bridgehead atoms. The minimum Gasteiger partial charge on any atom is -0.347 e. The summed E-state index contributed by atoms with van der Waals surface area (Å²) in [5.41, 5.74) is 2.94. The van der Waals surface area contributed by atoms with Crippen LogP contribution in [0.4, 0.5) is 0 Å². The summed E-state index contributed by atoms with van der Waals surface area (Å²) in [6.07, 6.45) is 1.74. The molecule has 8 heteroatoms. The maximum atomic E-state index is 12.5. The maximum Gasteiger partial charge on any atom is 0.255 e. The Morgan fingerprint density at radius 2 is 2.04 bits per heavy atom. The molecule has 4 aromatic rings. The Balaban J connectivity index is 1.51. The lowest BCUT2D eigenvalue weighted by molar-refractivity contribution is 0.0950. The Morgan fingerprint density at radius 3 is 2.70 bits per heavy atom. The van der Waals surface area contributed by atoms with Crippen LogP contribution in [-0.4, -0.2) is 25.8 Å². The van der Waals surface area contributed by atoms with Crippen LogP contribution < -0.4 is 5.32 Å². The summed E-state index contributed by atoms with van der Waals surface area (Å²) in [6, 6.07) is 11.6. The van der Waals surface area contributed by atoms with E-state index in [0.717, 1.165) is 16.1 Å². The number of amides is 1. The third-order valence-electron chi connectivity index (χ3n) is 4.06. The van der Waals surface area contributed by atoms with Crippen molar-refractivity contribution in [3.63, 3.8) is 0 Å². The summed E-state index contributed by atoms with van der Waals surface area (Å²) in [5.74, 6) is 0.936. The van der Waals surface area contributed by atoms with Crippen LogP contribution in [0.3, 0.4) is 0 Å². The van der Waals surface area contributed by atoms with Gasteiger partial charge in [0.25, 0.3) is 5.91 Å². The molecule has 0 atom stereocenters. The number of carbonyl (C=O) groups excluding carboxylic acids is 1. The number of thiophene rings is 1. The molecule has 0 aliphatic rings. The van der Waals surface area contributed by atoms with Crippen LogP contribution in [0.2, 0.25) is 0 Å². The number of benzene rings is 1. The highest BCUT2D eigenvalue weighted by molar-refractivity contribution is 7.09. The Bertz CT molecular complexity index is 1060. The van der Waals surface area contributed by atoms with Gasteiger partial charge in [-0.1, -0.05) is 11.2 Å². The Hall–Kier alpha value is -3.26. The number of nitrogens with one attached hydrogen (secondary N) is 1. The van der Waals surface area contributed by atoms with Gasteiger partial charge >= 0.3 is 0 Å². The standard InChI is InChI=1S/C19H17N5O2S/c1-12-17(19(25)20-10-16-4-3-9-27-16)11-24(22-12)15-7-5-14(6-8-15)18-21-13(2)26-23-18/h3-9,11H,10H2,1-2H3,(H,20,25). The lowest BCUT2D eigenvalue weighted by Crippen LogP contribution is -2.22. The zero-order valence-electron chi connectivity index (χ0n) is 14.8. The van der Waals surface area contributed by atoms with Crippen molar-refractivity contribution in [2.75, 3.05) is 0 Å². The van der Waals surface area contributed by atoms with Gasteiger partial charge in [0.15, 0.2) is 0 Å². The van der Waals surface area contributed by atoms with Crippen LogP contribution in [0.5, 0.6) is 0 Å². The molecule has 0 saturated heterocycles. The Labute approximate surface area is 159 Å². The molecule has 0 spiro atoms. The van der Waals surface area contributed by atoms with Gasteiger partial charge in [-0.15, -0.1) is 11.3 Å². The highest BCUT2D eigenvalue weighted by atomic mass is 32.1. The second kappa shape index (κ2) is 7.16. The van der Waals surface area contributed by atoms with E-state index in [-0.39, 0.29) is 5.91 Å². The van der Waals surface area contributed by atoms with Crippen molar-refractivity contribution in [3.8, 4) is 17.1 Å². The number of hydrogen-bond acceptors (Lipinski definition) is 6. The van der Waals surface area contributed by atoms with Crippen molar-refractivity contribution in [2.24, 2.45) is 0 Å². The number of aryl methyl sites for hydroxylation is 2. The number of carbonyl (C=O) groups is 1. The van der Waals surface area contributed by atoms with E-state index in [1.54, 1.807) is 29.1 Å². The summed E-state index contributed by atoms with van der Waals surface area (Å²) < 4.78 is 6.70. The molecular weight excluding hydrogens is 362 g/mol. The zero-order valence-corrected chi connectivity index (χ0v) is 15.7. The van der Waals surface area contributed by atoms with Crippen molar-refractivity contribution in [1.82, 2.24) is 25.2 Å². The fraction of sp³-hybridized carbons (Fsp3) is 0.158. The predicted molar refractivity (Wildman–Crippen MR) is 102 cm³/mol. The molecule has 1 amide bonds.